The second-order valence-electron chi connectivity index (χ2n) is 7.01. The summed E-state index contributed by atoms with van der Waals surface area (Å²) >= 11 is 0. The van der Waals surface area contributed by atoms with Crippen LogP contribution in [0.3, 0.4) is 0 Å². The number of rotatable bonds is 4. The average molecular weight is 349 g/mol. The van der Waals surface area contributed by atoms with Gasteiger partial charge in [0.1, 0.15) is 11.5 Å². The van der Waals surface area contributed by atoms with E-state index in [1.54, 1.807) is 0 Å². The Balaban J connectivity index is 1.53. The summed E-state index contributed by atoms with van der Waals surface area (Å²) in [6.45, 7) is 6.86. The molecule has 0 spiro atoms. The SMILES string of the molecule is CC(C)c1nnc2n1CCN(C(=O)c1cccn1Cc1ccccc1)C2. The topological polar surface area (TPSA) is 56.0 Å². The molecule has 0 N–H and O–H groups in total. The predicted molar refractivity (Wildman–Crippen MR) is 98.8 cm³/mol. The Kier molecular flexibility index (Phi) is 4.32. The number of aromatic nitrogens is 4. The van der Waals surface area contributed by atoms with Gasteiger partial charge in [0.05, 0.1) is 6.54 Å². The summed E-state index contributed by atoms with van der Waals surface area (Å²) in [5, 5.41) is 8.59. The molecule has 0 aliphatic carbocycles. The van der Waals surface area contributed by atoms with Crippen LogP contribution in [-0.2, 0) is 19.6 Å². The lowest BCUT2D eigenvalue weighted by Crippen LogP contribution is -2.39. The first-order valence-electron chi connectivity index (χ1n) is 9.04. The van der Waals surface area contributed by atoms with Crippen molar-refractivity contribution < 1.29 is 4.79 Å². The molecule has 4 rings (SSSR count). The fraction of sp³-hybridized carbons (Fsp3) is 0.350. The third kappa shape index (κ3) is 3.03. The van der Waals surface area contributed by atoms with E-state index < -0.39 is 0 Å². The van der Waals surface area contributed by atoms with E-state index in [1.165, 1.54) is 5.56 Å². The second-order valence-corrected chi connectivity index (χ2v) is 7.01. The third-order valence-corrected chi connectivity index (χ3v) is 4.83. The summed E-state index contributed by atoms with van der Waals surface area (Å²) < 4.78 is 4.16. The molecule has 2 aromatic heterocycles. The Hall–Kier alpha value is -2.89. The molecule has 6 nitrogen and oxygen atoms in total. The number of nitrogens with zero attached hydrogens (tertiary/aromatic N) is 5. The molecular weight excluding hydrogens is 326 g/mol. The molecular formula is C20H23N5O. The molecule has 0 saturated carbocycles. The van der Waals surface area contributed by atoms with Crippen molar-refractivity contribution in [3.63, 3.8) is 0 Å². The van der Waals surface area contributed by atoms with Crippen LogP contribution in [0.15, 0.2) is 48.7 Å². The van der Waals surface area contributed by atoms with Gasteiger partial charge in [-0.25, -0.2) is 0 Å². The zero-order valence-corrected chi connectivity index (χ0v) is 15.2. The lowest BCUT2D eigenvalue weighted by atomic mass is 10.2. The van der Waals surface area contributed by atoms with Gasteiger partial charge in [-0.15, -0.1) is 10.2 Å². The van der Waals surface area contributed by atoms with Crippen molar-refractivity contribution in [2.75, 3.05) is 6.54 Å². The Bertz CT molecular complexity index is 909. The molecule has 0 radical (unpaired) electrons. The van der Waals surface area contributed by atoms with Crippen molar-refractivity contribution in [1.29, 1.82) is 0 Å². The lowest BCUT2D eigenvalue weighted by molar-refractivity contribution is 0.0695. The van der Waals surface area contributed by atoms with Gasteiger partial charge in [-0.2, -0.15) is 0 Å². The minimum Gasteiger partial charge on any atom is -0.339 e. The first-order chi connectivity index (χ1) is 12.6. The van der Waals surface area contributed by atoms with E-state index in [1.807, 2.05) is 46.0 Å². The van der Waals surface area contributed by atoms with Gasteiger partial charge in [0.2, 0.25) is 0 Å². The highest BCUT2D eigenvalue weighted by atomic mass is 16.2. The number of amides is 1. The summed E-state index contributed by atoms with van der Waals surface area (Å²) in [4.78, 5) is 14.9. The molecule has 1 aliphatic rings. The van der Waals surface area contributed by atoms with E-state index in [2.05, 4.69) is 40.7 Å². The van der Waals surface area contributed by atoms with Crippen LogP contribution in [0, 0.1) is 0 Å². The van der Waals surface area contributed by atoms with Crippen LogP contribution in [0.1, 0.15) is 47.5 Å². The molecule has 0 bridgehead atoms. The van der Waals surface area contributed by atoms with Crippen molar-refractivity contribution in [3.05, 3.63) is 71.6 Å². The molecule has 0 atom stereocenters. The molecule has 0 unspecified atom stereocenters. The van der Waals surface area contributed by atoms with Gasteiger partial charge in [0.25, 0.3) is 5.91 Å². The maximum atomic E-state index is 13.1. The number of hydrogen-bond donors (Lipinski definition) is 0. The van der Waals surface area contributed by atoms with E-state index in [0.717, 1.165) is 18.2 Å². The number of carbonyl (C=O) groups excluding carboxylic acids is 1. The van der Waals surface area contributed by atoms with Crippen molar-refractivity contribution in [3.8, 4) is 0 Å². The van der Waals surface area contributed by atoms with Crippen LogP contribution in [0.5, 0.6) is 0 Å². The predicted octanol–water partition coefficient (Wildman–Crippen LogP) is 2.91. The fourth-order valence-corrected chi connectivity index (χ4v) is 3.47. The van der Waals surface area contributed by atoms with Crippen molar-refractivity contribution in [2.24, 2.45) is 0 Å². The zero-order chi connectivity index (χ0) is 18.1. The minimum atomic E-state index is 0.0475. The molecule has 26 heavy (non-hydrogen) atoms. The molecule has 0 saturated heterocycles. The monoisotopic (exact) mass is 349 g/mol. The Labute approximate surface area is 153 Å². The van der Waals surface area contributed by atoms with Crippen molar-refractivity contribution in [1.82, 2.24) is 24.2 Å². The summed E-state index contributed by atoms with van der Waals surface area (Å²) in [6.07, 6.45) is 1.96. The fourth-order valence-electron chi connectivity index (χ4n) is 3.47. The van der Waals surface area contributed by atoms with Gasteiger partial charge < -0.3 is 14.0 Å². The van der Waals surface area contributed by atoms with E-state index >= 15 is 0 Å². The van der Waals surface area contributed by atoms with Crippen LogP contribution < -0.4 is 0 Å². The molecule has 1 aliphatic heterocycles. The van der Waals surface area contributed by atoms with Gasteiger partial charge >= 0.3 is 0 Å². The average Bonchev–Trinajstić information content (AvgIpc) is 3.28. The van der Waals surface area contributed by atoms with E-state index in [0.29, 0.717) is 31.2 Å². The minimum absolute atomic E-state index is 0.0475. The lowest BCUT2D eigenvalue weighted by Gasteiger charge is -2.28. The molecule has 1 aromatic carbocycles. The number of fused-ring (bicyclic) bond motifs is 1. The van der Waals surface area contributed by atoms with Gasteiger partial charge in [-0.1, -0.05) is 44.2 Å². The molecule has 134 valence electrons. The maximum Gasteiger partial charge on any atom is 0.270 e. The number of benzene rings is 1. The van der Waals surface area contributed by atoms with Crippen LogP contribution in [0.4, 0.5) is 0 Å². The van der Waals surface area contributed by atoms with E-state index in [9.17, 15) is 4.79 Å². The first kappa shape index (κ1) is 16.6. The molecule has 0 fully saturated rings. The van der Waals surface area contributed by atoms with Crippen LogP contribution in [0.2, 0.25) is 0 Å². The Morgan fingerprint density at radius 2 is 1.88 bits per heavy atom. The zero-order valence-electron chi connectivity index (χ0n) is 15.2. The standard InChI is InChI=1S/C20H23N5O/c1-15(2)19-22-21-18-14-24(11-12-25(18)19)20(26)17-9-6-10-23(17)13-16-7-4-3-5-8-16/h3-10,15H,11-14H2,1-2H3. The molecule has 3 heterocycles. The summed E-state index contributed by atoms with van der Waals surface area (Å²) in [6, 6.07) is 14.0. The van der Waals surface area contributed by atoms with Gasteiger partial charge in [0, 0.05) is 31.7 Å². The molecule has 3 aromatic rings. The van der Waals surface area contributed by atoms with Gasteiger partial charge in [-0.3, -0.25) is 4.79 Å². The smallest absolute Gasteiger partial charge is 0.270 e. The summed E-state index contributed by atoms with van der Waals surface area (Å²) in [5.41, 5.74) is 1.89. The van der Waals surface area contributed by atoms with E-state index in [4.69, 9.17) is 0 Å². The van der Waals surface area contributed by atoms with Crippen molar-refractivity contribution >= 4 is 5.91 Å². The van der Waals surface area contributed by atoms with Crippen LogP contribution >= 0.6 is 0 Å². The second kappa shape index (κ2) is 6.78. The Morgan fingerprint density at radius 1 is 1.08 bits per heavy atom. The largest absolute Gasteiger partial charge is 0.339 e. The highest BCUT2D eigenvalue weighted by Crippen LogP contribution is 2.20. The quantitative estimate of drug-likeness (QED) is 0.728. The van der Waals surface area contributed by atoms with E-state index in [-0.39, 0.29) is 5.91 Å². The van der Waals surface area contributed by atoms with Crippen LogP contribution in [-0.4, -0.2) is 36.7 Å². The highest BCUT2D eigenvalue weighted by Gasteiger charge is 2.27. The highest BCUT2D eigenvalue weighted by molar-refractivity contribution is 5.92. The van der Waals surface area contributed by atoms with Crippen LogP contribution in [0.25, 0.3) is 0 Å². The third-order valence-electron chi connectivity index (χ3n) is 4.83. The maximum absolute atomic E-state index is 13.1. The molecule has 6 heteroatoms. The summed E-state index contributed by atoms with van der Waals surface area (Å²) in [5.74, 6) is 2.25. The first-order valence-corrected chi connectivity index (χ1v) is 9.04. The van der Waals surface area contributed by atoms with Gasteiger partial charge in [0.15, 0.2) is 5.82 Å². The number of carbonyl (C=O) groups is 1. The van der Waals surface area contributed by atoms with Crippen molar-refractivity contribution in [2.45, 2.75) is 39.4 Å². The van der Waals surface area contributed by atoms with Gasteiger partial charge in [-0.05, 0) is 17.7 Å². The Morgan fingerprint density at radius 3 is 2.65 bits per heavy atom. The normalized spacial score (nSPS) is 13.9. The summed E-state index contributed by atoms with van der Waals surface area (Å²) in [7, 11) is 0. The molecule has 1 amide bonds. The number of hydrogen-bond acceptors (Lipinski definition) is 3.